The molecule has 3 amide bonds. The molecule has 19 heavy (non-hydrogen) atoms. The molecule has 0 aromatic heterocycles. The second kappa shape index (κ2) is 6.04. The van der Waals surface area contributed by atoms with Crippen LogP contribution in [0.3, 0.4) is 0 Å². The Morgan fingerprint density at radius 3 is 2.74 bits per heavy atom. The normalized spacial score (nSPS) is 24.5. The molecule has 1 atom stereocenters. The zero-order valence-corrected chi connectivity index (χ0v) is 11.6. The number of amides is 3. The van der Waals surface area contributed by atoms with Gasteiger partial charge in [0.15, 0.2) is 0 Å². The van der Waals surface area contributed by atoms with Gasteiger partial charge in [0.05, 0.1) is 0 Å². The Morgan fingerprint density at radius 1 is 1.42 bits per heavy atom. The first-order chi connectivity index (χ1) is 9.09. The molecule has 0 saturated heterocycles. The standard InChI is InChI=1S/C13H22N4O2/c1-9(2)11-12(18)16-14-8-17(11)13(19)15-10-6-4-3-5-7-10/h8-11H,3-7H2,1-2H3,(H,15,19)(H,16,18). The number of carbonyl (C=O) groups excluding carboxylic acids is 2. The van der Waals surface area contributed by atoms with Gasteiger partial charge in [0.1, 0.15) is 12.4 Å². The summed E-state index contributed by atoms with van der Waals surface area (Å²) in [7, 11) is 0. The van der Waals surface area contributed by atoms with Crippen molar-refractivity contribution in [1.82, 2.24) is 15.6 Å². The van der Waals surface area contributed by atoms with Gasteiger partial charge in [0.25, 0.3) is 5.91 Å². The summed E-state index contributed by atoms with van der Waals surface area (Å²) in [4.78, 5) is 25.5. The average molecular weight is 266 g/mol. The summed E-state index contributed by atoms with van der Waals surface area (Å²) in [5.41, 5.74) is 2.41. The number of urea groups is 1. The molecule has 1 heterocycles. The van der Waals surface area contributed by atoms with Crippen molar-refractivity contribution >= 4 is 18.3 Å². The highest BCUT2D eigenvalue weighted by Crippen LogP contribution is 2.18. The van der Waals surface area contributed by atoms with Crippen molar-refractivity contribution in [3.05, 3.63) is 0 Å². The summed E-state index contributed by atoms with van der Waals surface area (Å²) in [5, 5.41) is 6.74. The molecule has 0 aromatic rings. The topological polar surface area (TPSA) is 73.8 Å². The monoisotopic (exact) mass is 266 g/mol. The van der Waals surface area contributed by atoms with Gasteiger partial charge < -0.3 is 5.32 Å². The largest absolute Gasteiger partial charge is 0.335 e. The molecule has 1 aliphatic heterocycles. The molecule has 106 valence electrons. The van der Waals surface area contributed by atoms with Crippen LogP contribution in [0.4, 0.5) is 4.79 Å². The number of rotatable bonds is 2. The first-order valence-corrected chi connectivity index (χ1v) is 7.01. The fraction of sp³-hybridized carbons (Fsp3) is 0.769. The van der Waals surface area contributed by atoms with Crippen LogP contribution in [0.15, 0.2) is 5.10 Å². The van der Waals surface area contributed by atoms with Gasteiger partial charge in [-0.3, -0.25) is 9.69 Å². The Kier molecular flexibility index (Phi) is 4.39. The predicted molar refractivity (Wildman–Crippen MR) is 72.5 cm³/mol. The average Bonchev–Trinajstić information content (AvgIpc) is 2.39. The van der Waals surface area contributed by atoms with Crippen LogP contribution < -0.4 is 10.7 Å². The van der Waals surface area contributed by atoms with Crippen LogP contribution in [0.1, 0.15) is 46.0 Å². The lowest BCUT2D eigenvalue weighted by Crippen LogP contribution is -2.58. The van der Waals surface area contributed by atoms with Crippen LogP contribution in [0.5, 0.6) is 0 Å². The van der Waals surface area contributed by atoms with Crippen molar-refractivity contribution in [1.29, 1.82) is 0 Å². The number of hydrazone groups is 1. The minimum atomic E-state index is -0.485. The molecule has 1 saturated carbocycles. The summed E-state index contributed by atoms with van der Waals surface area (Å²) in [6.07, 6.45) is 7.02. The first kappa shape index (κ1) is 13.8. The number of hydrogen-bond donors (Lipinski definition) is 2. The molecule has 6 heteroatoms. The Labute approximate surface area is 113 Å². The Balaban J connectivity index is 2.01. The van der Waals surface area contributed by atoms with E-state index >= 15 is 0 Å². The number of nitrogens with zero attached hydrogens (tertiary/aromatic N) is 2. The molecular weight excluding hydrogens is 244 g/mol. The quantitative estimate of drug-likeness (QED) is 0.793. The highest BCUT2D eigenvalue weighted by molar-refractivity contribution is 5.96. The predicted octanol–water partition coefficient (Wildman–Crippen LogP) is 1.43. The molecule has 2 aliphatic rings. The molecule has 1 unspecified atom stereocenters. The number of nitrogens with one attached hydrogen (secondary N) is 2. The van der Waals surface area contributed by atoms with Gasteiger partial charge >= 0.3 is 6.03 Å². The fourth-order valence-corrected chi connectivity index (χ4v) is 2.72. The molecule has 2 N–H and O–H groups in total. The molecule has 2 rings (SSSR count). The molecule has 0 radical (unpaired) electrons. The summed E-state index contributed by atoms with van der Waals surface area (Å²) < 4.78 is 0. The van der Waals surface area contributed by atoms with Gasteiger partial charge in [-0.15, -0.1) is 0 Å². The second-order valence-electron chi connectivity index (χ2n) is 5.60. The third kappa shape index (κ3) is 3.24. The lowest BCUT2D eigenvalue weighted by atomic mass is 9.95. The molecule has 1 fully saturated rings. The maximum atomic E-state index is 12.3. The van der Waals surface area contributed by atoms with Gasteiger partial charge in [-0.25, -0.2) is 10.2 Å². The van der Waals surface area contributed by atoms with E-state index in [9.17, 15) is 9.59 Å². The minimum Gasteiger partial charge on any atom is -0.335 e. The zero-order chi connectivity index (χ0) is 13.8. The van der Waals surface area contributed by atoms with Gasteiger partial charge in [0, 0.05) is 6.04 Å². The zero-order valence-electron chi connectivity index (χ0n) is 11.6. The van der Waals surface area contributed by atoms with Crippen LogP contribution in [0, 0.1) is 5.92 Å². The molecule has 1 aliphatic carbocycles. The van der Waals surface area contributed by atoms with Crippen molar-refractivity contribution in [3.8, 4) is 0 Å². The van der Waals surface area contributed by atoms with E-state index in [1.165, 1.54) is 17.7 Å². The Morgan fingerprint density at radius 2 is 2.11 bits per heavy atom. The van der Waals surface area contributed by atoms with Crippen LogP contribution >= 0.6 is 0 Å². The minimum absolute atomic E-state index is 0.0452. The van der Waals surface area contributed by atoms with Crippen LogP contribution in [-0.4, -0.2) is 35.3 Å². The van der Waals surface area contributed by atoms with Crippen LogP contribution in [-0.2, 0) is 4.79 Å². The maximum absolute atomic E-state index is 12.3. The summed E-state index contributed by atoms with van der Waals surface area (Å²) in [5.74, 6) is -0.180. The van der Waals surface area contributed by atoms with Gasteiger partial charge in [-0.1, -0.05) is 33.1 Å². The Bertz CT molecular complexity index is 375. The van der Waals surface area contributed by atoms with Crippen LogP contribution in [0.2, 0.25) is 0 Å². The third-order valence-electron chi connectivity index (χ3n) is 3.72. The van der Waals surface area contributed by atoms with Gasteiger partial charge in [0.2, 0.25) is 0 Å². The second-order valence-corrected chi connectivity index (χ2v) is 5.60. The van der Waals surface area contributed by atoms with E-state index in [1.807, 2.05) is 13.8 Å². The van der Waals surface area contributed by atoms with E-state index in [4.69, 9.17) is 0 Å². The maximum Gasteiger partial charge on any atom is 0.323 e. The third-order valence-corrected chi connectivity index (χ3v) is 3.72. The van der Waals surface area contributed by atoms with E-state index < -0.39 is 6.04 Å². The number of carbonyl (C=O) groups is 2. The van der Waals surface area contributed by atoms with Crippen molar-refractivity contribution in [3.63, 3.8) is 0 Å². The van der Waals surface area contributed by atoms with Crippen LogP contribution in [0.25, 0.3) is 0 Å². The summed E-state index contributed by atoms with van der Waals surface area (Å²) >= 11 is 0. The van der Waals surface area contributed by atoms with Crippen molar-refractivity contribution in [2.45, 2.75) is 58.0 Å². The molecular formula is C13H22N4O2. The van der Waals surface area contributed by atoms with E-state index in [1.54, 1.807) is 0 Å². The molecule has 6 nitrogen and oxygen atoms in total. The number of hydrogen-bond acceptors (Lipinski definition) is 3. The Hall–Kier alpha value is -1.59. The molecule has 0 spiro atoms. The van der Waals surface area contributed by atoms with Crippen molar-refractivity contribution in [2.75, 3.05) is 0 Å². The fourth-order valence-electron chi connectivity index (χ4n) is 2.72. The molecule has 0 aromatic carbocycles. The van der Waals surface area contributed by atoms with Gasteiger partial charge in [-0.05, 0) is 18.8 Å². The smallest absolute Gasteiger partial charge is 0.323 e. The summed E-state index contributed by atoms with van der Waals surface area (Å²) in [6, 6.07) is -0.474. The summed E-state index contributed by atoms with van der Waals surface area (Å²) in [6.45, 7) is 3.84. The van der Waals surface area contributed by atoms with Gasteiger partial charge in [-0.2, -0.15) is 5.10 Å². The van der Waals surface area contributed by atoms with Crippen molar-refractivity contribution < 1.29 is 9.59 Å². The first-order valence-electron chi connectivity index (χ1n) is 7.01. The van der Waals surface area contributed by atoms with Crippen molar-refractivity contribution in [2.24, 2.45) is 11.0 Å². The van der Waals surface area contributed by atoms with E-state index in [0.717, 1.165) is 25.7 Å². The SMILES string of the molecule is CC(C)C1C(=O)NN=CN1C(=O)NC1CCCCC1. The highest BCUT2D eigenvalue weighted by atomic mass is 16.2. The molecule has 0 bridgehead atoms. The lowest BCUT2D eigenvalue weighted by molar-refractivity contribution is -0.126. The lowest BCUT2D eigenvalue weighted by Gasteiger charge is -2.33. The van der Waals surface area contributed by atoms with E-state index in [0.29, 0.717) is 0 Å². The van der Waals surface area contributed by atoms with E-state index in [-0.39, 0.29) is 23.9 Å². The van der Waals surface area contributed by atoms with E-state index in [2.05, 4.69) is 15.8 Å². The highest BCUT2D eigenvalue weighted by Gasteiger charge is 2.34.